The molecule has 0 bridgehead atoms. The number of hydrogen-bond donors (Lipinski definition) is 0. The molecule has 0 fully saturated rings. The Kier molecular flexibility index (Phi) is 4.89. The van der Waals surface area contributed by atoms with Gasteiger partial charge in [0.2, 0.25) is 0 Å². The third-order valence-electron chi connectivity index (χ3n) is 2.89. The number of esters is 1. The number of rotatable bonds is 5. The first-order chi connectivity index (χ1) is 6.39. The molecule has 82 valence electrons. The Morgan fingerprint density at radius 2 is 1.79 bits per heavy atom. The van der Waals surface area contributed by atoms with E-state index in [1.165, 1.54) is 0 Å². The molecule has 0 aliphatic rings. The van der Waals surface area contributed by atoms with Crippen LogP contribution in [-0.2, 0) is 9.53 Å². The summed E-state index contributed by atoms with van der Waals surface area (Å²) < 4.78 is 5.52. The van der Waals surface area contributed by atoms with Gasteiger partial charge in [0.05, 0.1) is 0 Å². The van der Waals surface area contributed by atoms with Crippen molar-refractivity contribution < 1.29 is 9.53 Å². The molecule has 0 heterocycles. The molecular formula is C12H22O2. The van der Waals surface area contributed by atoms with Gasteiger partial charge >= 0.3 is 5.97 Å². The maximum Gasteiger partial charge on any atom is 0.333 e. The SMILES string of the molecule is C=C(C)C(=O)OC(CC)(CC)C(C)C. The molecule has 0 saturated carbocycles. The molecule has 0 unspecified atom stereocenters. The van der Waals surface area contributed by atoms with Gasteiger partial charge in [-0.05, 0) is 25.7 Å². The van der Waals surface area contributed by atoms with Crippen LogP contribution in [0, 0.1) is 5.92 Å². The van der Waals surface area contributed by atoms with Crippen LogP contribution in [0.15, 0.2) is 12.2 Å². The van der Waals surface area contributed by atoms with E-state index in [4.69, 9.17) is 4.74 Å². The van der Waals surface area contributed by atoms with E-state index in [0.29, 0.717) is 11.5 Å². The molecule has 0 aromatic heterocycles. The lowest BCUT2D eigenvalue weighted by atomic mass is 9.85. The zero-order valence-corrected chi connectivity index (χ0v) is 10.0. The van der Waals surface area contributed by atoms with Crippen molar-refractivity contribution in [1.82, 2.24) is 0 Å². The van der Waals surface area contributed by atoms with Gasteiger partial charge in [0.1, 0.15) is 5.60 Å². The molecule has 0 saturated heterocycles. The number of carbonyl (C=O) groups excluding carboxylic acids is 1. The average molecular weight is 198 g/mol. The van der Waals surface area contributed by atoms with Gasteiger partial charge in [0.15, 0.2) is 0 Å². The largest absolute Gasteiger partial charge is 0.455 e. The van der Waals surface area contributed by atoms with Crippen molar-refractivity contribution in [2.45, 2.75) is 53.1 Å². The van der Waals surface area contributed by atoms with Crippen molar-refractivity contribution in [3.8, 4) is 0 Å². The van der Waals surface area contributed by atoms with E-state index in [1.54, 1.807) is 6.92 Å². The highest BCUT2D eigenvalue weighted by atomic mass is 16.6. The second kappa shape index (κ2) is 5.18. The van der Waals surface area contributed by atoms with Crippen molar-refractivity contribution in [3.05, 3.63) is 12.2 Å². The Hall–Kier alpha value is -0.790. The Balaban J connectivity index is 4.67. The zero-order valence-electron chi connectivity index (χ0n) is 10.0. The predicted octanol–water partition coefficient (Wildman–Crippen LogP) is 3.32. The van der Waals surface area contributed by atoms with Crippen LogP contribution in [0.25, 0.3) is 0 Å². The Bertz CT molecular complexity index is 212. The minimum atomic E-state index is -0.323. The van der Waals surface area contributed by atoms with Gasteiger partial charge in [-0.3, -0.25) is 0 Å². The Morgan fingerprint density at radius 3 is 2.00 bits per heavy atom. The third-order valence-corrected chi connectivity index (χ3v) is 2.89. The first-order valence-corrected chi connectivity index (χ1v) is 5.28. The van der Waals surface area contributed by atoms with E-state index in [2.05, 4.69) is 34.3 Å². The fourth-order valence-electron chi connectivity index (χ4n) is 1.60. The van der Waals surface area contributed by atoms with Crippen molar-refractivity contribution in [3.63, 3.8) is 0 Å². The van der Waals surface area contributed by atoms with E-state index >= 15 is 0 Å². The van der Waals surface area contributed by atoms with Gasteiger partial charge in [-0.25, -0.2) is 4.79 Å². The van der Waals surface area contributed by atoms with Crippen LogP contribution in [0.3, 0.4) is 0 Å². The number of carbonyl (C=O) groups is 1. The molecule has 0 aliphatic heterocycles. The van der Waals surface area contributed by atoms with Crippen LogP contribution in [0.5, 0.6) is 0 Å². The van der Waals surface area contributed by atoms with E-state index in [0.717, 1.165) is 12.8 Å². The summed E-state index contributed by atoms with van der Waals surface area (Å²) in [5.41, 5.74) is 0.146. The summed E-state index contributed by atoms with van der Waals surface area (Å²) in [5, 5.41) is 0. The molecule has 2 nitrogen and oxygen atoms in total. The minimum Gasteiger partial charge on any atom is -0.455 e. The molecule has 0 N–H and O–H groups in total. The maximum absolute atomic E-state index is 11.5. The molecule has 0 aromatic carbocycles. The maximum atomic E-state index is 11.5. The molecule has 0 aromatic rings. The molecule has 0 rings (SSSR count). The number of ether oxygens (including phenoxy) is 1. The molecule has 14 heavy (non-hydrogen) atoms. The summed E-state index contributed by atoms with van der Waals surface area (Å²) in [4.78, 5) is 11.5. The first kappa shape index (κ1) is 13.2. The van der Waals surface area contributed by atoms with E-state index in [-0.39, 0.29) is 11.6 Å². The highest BCUT2D eigenvalue weighted by molar-refractivity contribution is 5.87. The van der Waals surface area contributed by atoms with Crippen LogP contribution in [0.4, 0.5) is 0 Å². The smallest absolute Gasteiger partial charge is 0.333 e. The molecule has 0 radical (unpaired) electrons. The lowest BCUT2D eigenvalue weighted by Gasteiger charge is -2.35. The molecule has 0 amide bonds. The summed E-state index contributed by atoms with van der Waals surface area (Å²) in [6.45, 7) is 13.5. The number of hydrogen-bond acceptors (Lipinski definition) is 2. The van der Waals surface area contributed by atoms with Gasteiger partial charge < -0.3 is 4.74 Å². The summed E-state index contributed by atoms with van der Waals surface area (Å²) in [5.74, 6) is 0.0585. The fraction of sp³-hybridized carbons (Fsp3) is 0.750. The average Bonchev–Trinajstić information content (AvgIpc) is 2.13. The summed E-state index contributed by atoms with van der Waals surface area (Å²) in [6.07, 6.45) is 1.69. The van der Waals surface area contributed by atoms with Gasteiger partial charge in [0.25, 0.3) is 0 Å². The molecule has 0 atom stereocenters. The lowest BCUT2D eigenvalue weighted by molar-refractivity contribution is -0.161. The quantitative estimate of drug-likeness (QED) is 0.500. The normalized spacial score (nSPS) is 11.6. The molecule has 0 spiro atoms. The zero-order chi connectivity index (χ0) is 11.4. The third kappa shape index (κ3) is 2.86. The molecular weight excluding hydrogens is 176 g/mol. The monoisotopic (exact) mass is 198 g/mol. The van der Waals surface area contributed by atoms with Gasteiger partial charge in [-0.2, -0.15) is 0 Å². The van der Waals surface area contributed by atoms with Crippen LogP contribution in [0.2, 0.25) is 0 Å². The first-order valence-electron chi connectivity index (χ1n) is 5.28. The summed E-state index contributed by atoms with van der Waals surface area (Å²) >= 11 is 0. The van der Waals surface area contributed by atoms with Gasteiger partial charge in [0, 0.05) is 5.57 Å². The molecule has 2 heteroatoms. The second-order valence-corrected chi connectivity index (χ2v) is 4.10. The Morgan fingerprint density at radius 1 is 1.36 bits per heavy atom. The standard InChI is InChI=1S/C12H22O2/c1-7-12(8-2,10(5)6)14-11(13)9(3)4/h10H,3,7-8H2,1-2,4-6H3. The highest BCUT2D eigenvalue weighted by Gasteiger charge is 2.34. The van der Waals surface area contributed by atoms with Crippen molar-refractivity contribution in [2.75, 3.05) is 0 Å². The van der Waals surface area contributed by atoms with Crippen LogP contribution >= 0.6 is 0 Å². The van der Waals surface area contributed by atoms with Crippen molar-refractivity contribution >= 4 is 5.97 Å². The fourth-order valence-corrected chi connectivity index (χ4v) is 1.60. The lowest BCUT2D eigenvalue weighted by Crippen LogP contribution is -2.39. The van der Waals surface area contributed by atoms with E-state index in [9.17, 15) is 4.79 Å². The minimum absolute atomic E-state index is 0.276. The van der Waals surface area contributed by atoms with Crippen LogP contribution in [-0.4, -0.2) is 11.6 Å². The van der Waals surface area contributed by atoms with E-state index < -0.39 is 0 Å². The summed E-state index contributed by atoms with van der Waals surface area (Å²) in [7, 11) is 0. The Labute approximate surface area is 87.3 Å². The second-order valence-electron chi connectivity index (χ2n) is 4.10. The van der Waals surface area contributed by atoms with Crippen LogP contribution in [0.1, 0.15) is 47.5 Å². The van der Waals surface area contributed by atoms with Crippen molar-refractivity contribution in [2.24, 2.45) is 5.92 Å². The highest BCUT2D eigenvalue weighted by Crippen LogP contribution is 2.30. The molecule has 0 aliphatic carbocycles. The summed E-state index contributed by atoms with van der Waals surface area (Å²) in [6, 6.07) is 0. The predicted molar refractivity (Wildman–Crippen MR) is 59.1 cm³/mol. The van der Waals surface area contributed by atoms with Crippen molar-refractivity contribution in [1.29, 1.82) is 0 Å². The van der Waals surface area contributed by atoms with Gasteiger partial charge in [-0.1, -0.05) is 34.3 Å². The van der Waals surface area contributed by atoms with Crippen LogP contribution < -0.4 is 0 Å². The van der Waals surface area contributed by atoms with E-state index in [1.807, 2.05) is 0 Å². The van der Waals surface area contributed by atoms with Gasteiger partial charge in [-0.15, -0.1) is 0 Å². The topological polar surface area (TPSA) is 26.3 Å².